The summed E-state index contributed by atoms with van der Waals surface area (Å²) < 4.78 is 5.47. The summed E-state index contributed by atoms with van der Waals surface area (Å²) in [5.74, 6) is 0.754. The minimum atomic E-state index is 0.115. The molecule has 4 heteroatoms. The summed E-state index contributed by atoms with van der Waals surface area (Å²) in [5, 5.41) is 0. The summed E-state index contributed by atoms with van der Waals surface area (Å²) in [4.78, 5) is 13.5. The van der Waals surface area contributed by atoms with Crippen molar-refractivity contribution in [2.75, 3.05) is 25.4 Å². The van der Waals surface area contributed by atoms with E-state index in [1.54, 1.807) is 17.0 Å². The van der Waals surface area contributed by atoms with Gasteiger partial charge in [0.05, 0.1) is 18.7 Å². The highest BCUT2D eigenvalue weighted by molar-refractivity contribution is 5.76. The van der Waals surface area contributed by atoms with Crippen LogP contribution in [0.1, 0.15) is 20.3 Å². The van der Waals surface area contributed by atoms with Gasteiger partial charge in [-0.3, -0.25) is 4.79 Å². The Hall–Kier alpha value is -1.71. The van der Waals surface area contributed by atoms with Gasteiger partial charge in [-0.1, -0.05) is 12.1 Å². The van der Waals surface area contributed by atoms with Gasteiger partial charge in [-0.2, -0.15) is 0 Å². The molecule has 0 saturated heterocycles. The third kappa shape index (κ3) is 3.98. The zero-order chi connectivity index (χ0) is 12.7. The van der Waals surface area contributed by atoms with Crippen molar-refractivity contribution in [2.45, 2.75) is 20.3 Å². The van der Waals surface area contributed by atoms with E-state index < -0.39 is 0 Å². The normalized spacial score (nSPS) is 10.0. The molecule has 0 spiro atoms. The molecule has 1 amide bonds. The fourth-order valence-corrected chi connectivity index (χ4v) is 1.59. The monoisotopic (exact) mass is 236 g/mol. The summed E-state index contributed by atoms with van der Waals surface area (Å²) in [7, 11) is 0. The molecule has 0 saturated carbocycles. The number of anilines is 1. The van der Waals surface area contributed by atoms with E-state index in [0.29, 0.717) is 24.5 Å². The molecule has 0 heterocycles. The number of para-hydroxylation sites is 2. The second-order valence-corrected chi connectivity index (χ2v) is 3.70. The molecule has 1 aromatic rings. The Morgan fingerprint density at radius 2 is 1.94 bits per heavy atom. The molecule has 0 atom stereocenters. The Morgan fingerprint density at radius 3 is 2.53 bits per heavy atom. The molecule has 0 radical (unpaired) electrons. The number of amides is 1. The lowest BCUT2D eigenvalue weighted by molar-refractivity contribution is -0.131. The first-order chi connectivity index (χ1) is 8.19. The smallest absolute Gasteiger partial charge is 0.225 e. The molecule has 17 heavy (non-hydrogen) atoms. The van der Waals surface area contributed by atoms with E-state index in [9.17, 15) is 4.79 Å². The van der Waals surface area contributed by atoms with Gasteiger partial charge in [-0.25, -0.2) is 0 Å². The molecular weight excluding hydrogens is 216 g/mol. The van der Waals surface area contributed by atoms with E-state index in [2.05, 4.69) is 0 Å². The zero-order valence-corrected chi connectivity index (χ0v) is 10.5. The molecule has 94 valence electrons. The van der Waals surface area contributed by atoms with Crippen LogP contribution in [-0.2, 0) is 4.79 Å². The van der Waals surface area contributed by atoms with Gasteiger partial charge >= 0.3 is 0 Å². The van der Waals surface area contributed by atoms with Crippen LogP contribution in [0.15, 0.2) is 24.3 Å². The van der Waals surface area contributed by atoms with Gasteiger partial charge in [0.1, 0.15) is 5.75 Å². The SMILES string of the molecule is CCN(CC)C(=O)CCOc1ccccc1N. The molecule has 0 fully saturated rings. The maximum absolute atomic E-state index is 11.7. The van der Waals surface area contributed by atoms with Gasteiger partial charge in [-0.15, -0.1) is 0 Å². The molecule has 0 aliphatic carbocycles. The maximum atomic E-state index is 11.7. The van der Waals surface area contributed by atoms with Crippen molar-refractivity contribution in [2.24, 2.45) is 0 Å². The first kappa shape index (κ1) is 13.4. The average Bonchev–Trinajstić information content (AvgIpc) is 2.33. The fraction of sp³-hybridized carbons (Fsp3) is 0.462. The van der Waals surface area contributed by atoms with Crippen molar-refractivity contribution in [1.29, 1.82) is 0 Å². The average molecular weight is 236 g/mol. The molecule has 4 nitrogen and oxygen atoms in total. The number of nitrogens with two attached hydrogens (primary N) is 1. The molecular formula is C13H20N2O2. The van der Waals surface area contributed by atoms with Crippen molar-refractivity contribution >= 4 is 11.6 Å². The number of nitrogen functional groups attached to an aromatic ring is 1. The van der Waals surface area contributed by atoms with Crippen LogP contribution >= 0.6 is 0 Å². The van der Waals surface area contributed by atoms with Crippen LogP contribution in [0.2, 0.25) is 0 Å². The van der Waals surface area contributed by atoms with E-state index in [-0.39, 0.29) is 5.91 Å². The Morgan fingerprint density at radius 1 is 1.29 bits per heavy atom. The van der Waals surface area contributed by atoms with E-state index in [0.717, 1.165) is 13.1 Å². The lowest BCUT2D eigenvalue weighted by Gasteiger charge is -2.18. The number of nitrogens with zero attached hydrogens (tertiary/aromatic N) is 1. The predicted molar refractivity (Wildman–Crippen MR) is 68.9 cm³/mol. The first-order valence-corrected chi connectivity index (χ1v) is 5.94. The van der Waals surface area contributed by atoms with Gasteiger partial charge in [0.25, 0.3) is 0 Å². The highest BCUT2D eigenvalue weighted by Crippen LogP contribution is 2.19. The molecule has 0 unspecified atom stereocenters. The molecule has 0 aliphatic heterocycles. The Balaban J connectivity index is 2.38. The van der Waals surface area contributed by atoms with Crippen LogP contribution in [0.25, 0.3) is 0 Å². The largest absolute Gasteiger partial charge is 0.491 e. The Kier molecular flexibility index (Phi) is 5.33. The second kappa shape index (κ2) is 6.78. The van der Waals surface area contributed by atoms with Gasteiger partial charge < -0.3 is 15.4 Å². The topological polar surface area (TPSA) is 55.6 Å². The molecule has 0 aromatic heterocycles. The van der Waals surface area contributed by atoms with Crippen molar-refractivity contribution in [3.8, 4) is 5.75 Å². The van der Waals surface area contributed by atoms with Crippen molar-refractivity contribution in [3.05, 3.63) is 24.3 Å². The summed E-state index contributed by atoms with van der Waals surface area (Å²) >= 11 is 0. The van der Waals surface area contributed by atoms with Gasteiger partial charge in [0.15, 0.2) is 0 Å². The lowest BCUT2D eigenvalue weighted by Crippen LogP contribution is -2.31. The number of hydrogen-bond donors (Lipinski definition) is 1. The van der Waals surface area contributed by atoms with Crippen LogP contribution in [0.5, 0.6) is 5.75 Å². The second-order valence-electron chi connectivity index (χ2n) is 3.70. The standard InChI is InChI=1S/C13H20N2O2/c1-3-15(4-2)13(16)9-10-17-12-8-6-5-7-11(12)14/h5-8H,3-4,9-10,14H2,1-2H3. The predicted octanol–water partition coefficient (Wildman–Crippen LogP) is 1.91. The molecule has 2 N–H and O–H groups in total. The lowest BCUT2D eigenvalue weighted by atomic mass is 10.3. The van der Waals surface area contributed by atoms with Gasteiger partial charge in [-0.05, 0) is 26.0 Å². The summed E-state index contributed by atoms with van der Waals surface area (Å²) in [6.07, 6.45) is 0.385. The highest BCUT2D eigenvalue weighted by atomic mass is 16.5. The van der Waals surface area contributed by atoms with Crippen molar-refractivity contribution in [3.63, 3.8) is 0 Å². The summed E-state index contributed by atoms with van der Waals surface area (Å²) in [6.45, 7) is 5.78. The van der Waals surface area contributed by atoms with Crippen molar-refractivity contribution < 1.29 is 9.53 Å². The fourth-order valence-electron chi connectivity index (χ4n) is 1.59. The number of hydrogen-bond acceptors (Lipinski definition) is 3. The highest BCUT2D eigenvalue weighted by Gasteiger charge is 2.09. The van der Waals surface area contributed by atoms with Crippen molar-refractivity contribution in [1.82, 2.24) is 4.90 Å². The van der Waals surface area contributed by atoms with Crippen LogP contribution in [0, 0.1) is 0 Å². The Labute approximate surface area is 102 Å². The minimum Gasteiger partial charge on any atom is -0.491 e. The number of ether oxygens (including phenoxy) is 1. The minimum absolute atomic E-state index is 0.115. The molecule has 1 rings (SSSR count). The zero-order valence-electron chi connectivity index (χ0n) is 10.5. The molecule has 0 aliphatic rings. The first-order valence-electron chi connectivity index (χ1n) is 5.94. The number of carbonyl (C=O) groups is 1. The quantitative estimate of drug-likeness (QED) is 0.767. The van der Waals surface area contributed by atoms with Crippen LogP contribution in [-0.4, -0.2) is 30.5 Å². The van der Waals surface area contributed by atoms with E-state index in [1.807, 2.05) is 26.0 Å². The third-order valence-corrected chi connectivity index (χ3v) is 2.61. The number of benzene rings is 1. The molecule has 1 aromatic carbocycles. The van der Waals surface area contributed by atoms with Gasteiger partial charge in [0, 0.05) is 13.1 Å². The van der Waals surface area contributed by atoms with Gasteiger partial charge in [0.2, 0.25) is 5.91 Å². The van der Waals surface area contributed by atoms with E-state index >= 15 is 0 Å². The van der Waals surface area contributed by atoms with Crippen LogP contribution in [0.4, 0.5) is 5.69 Å². The summed E-state index contributed by atoms with van der Waals surface area (Å²) in [5.41, 5.74) is 6.33. The summed E-state index contributed by atoms with van der Waals surface area (Å²) in [6, 6.07) is 7.29. The number of rotatable bonds is 6. The number of carbonyl (C=O) groups excluding carboxylic acids is 1. The maximum Gasteiger partial charge on any atom is 0.225 e. The molecule has 0 bridgehead atoms. The van der Waals surface area contributed by atoms with Crippen LogP contribution in [0.3, 0.4) is 0 Å². The van der Waals surface area contributed by atoms with E-state index in [4.69, 9.17) is 10.5 Å². The third-order valence-electron chi connectivity index (χ3n) is 2.61. The van der Waals surface area contributed by atoms with E-state index in [1.165, 1.54) is 0 Å². The Bertz CT molecular complexity index is 362. The van der Waals surface area contributed by atoms with Crippen LogP contribution < -0.4 is 10.5 Å².